The highest BCUT2D eigenvalue weighted by atomic mass is 35.5. The smallest absolute Gasteiger partial charge is 0.282 e. The van der Waals surface area contributed by atoms with E-state index in [1.165, 1.54) is 6.07 Å². The second kappa shape index (κ2) is 6.23. The van der Waals surface area contributed by atoms with Crippen LogP contribution in [0.3, 0.4) is 0 Å². The van der Waals surface area contributed by atoms with Crippen LogP contribution in [-0.4, -0.2) is 18.9 Å². The van der Waals surface area contributed by atoms with E-state index >= 15 is 0 Å². The van der Waals surface area contributed by atoms with E-state index in [1.54, 1.807) is 18.2 Å². The third-order valence-electron chi connectivity index (χ3n) is 2.33. The van der Waals surface area contributed by atoms with Gasteiger partial charge in [0.15, 0.2) is 0 Å². The minimum Gasteiger partial charge on any atom is -0.282 e. The maximum atomic E-state index is 11.1. The molecule has 0 aliphatic rings. The van der Waals surface area contributed by atoms with Crippen molar-refractivity contribution in [2.45, 2.75) is 30.6 Å². The highest BCUT2D eigenvalue weighted by molar-refractivity contribution is 7.85. The monoisotopic (exact) mass is 262 g/mol. The van der Waals surface area contributed by atoms with Crippen molar-refractivity contribution in [3.8, 4) is 0 Å². The fourth-order valence-electron chi connectivity index (χ4n) is 1.55. The van der Waals surface area contributed by atoms with Crippen LogP contribution in [0.25, 0.3) is 0 Å². The number of benzene rings is 1. The number of alkyl halides is 1. The highest BCUT2D eigenvalue weighted by Crippen LogP contribution is 2.17. The first kappa shape index (κ1) is 13.5. The second-order valence-electron chi connectivity index (χ2n) is 3.58. The average molecular weight is 263 g/mol. The van der Waals surface area contributed by atoms with Crippen LogP contribution in [0.2, 0.25) is 0 Å². The van der Waals surface area contributed by atoms with Crippen LogP contribution in [0.4, 0.5) is 0 Å². The third-order valence-corrected chi connectivity index (χ3v) is 3.55. The molecular weight excluding hydrogens is 248 g/mol. The van der Waals surface area contributed by atoms with Crippen molar-refractivity contribution in [3.63, 3.8) is 0 Å². The number of rotatable bonds is 6. The summed E-state index contributed by atoms with van der Waals surface area (Å²) in [6, 6.07) is 6.52. The van der Waals surface area contributed by atoms with Gasteiger partial charge >= 0.3 is 0 Å². The Morgan fingerprint density at radius 3 is 2.44 bits per heavy atom. The molecule has 0 aromatic heterocycles. The van der Waals surface area contributed by atoms with E-state index < -0.39 is 10.1 Å². The number of halogens is 1. The molecule has 0 unspecified atom stereocenters. The summed E-state index contributed by atoms with van der Waals surface area (Å²) < 4.78 is 31.2. The molecule has 3 nitrogen and oxygen atoms in total. The number of unbranched alkanes of at least 4 members (excludes halogenated alkanes) is 2. The van der Waals surface area contributed by atoms with Gasteiger partial charge in [-0.3, -0.25) is 4.55 Å². The maximum Gasteiger partial charge on any atom is 0.294 e. The topological polar surface area (TPSA) is 54.4 Å². The van der Waals surface area contributed by atoms with Crippen molar-refractivity contribution in [3.05, 3.63) is 29.8 Å². The molecule has 1 rings (SSSR count). The summed E-state index contributed by atoms with van der Waals surface area (Å²) in [6.45, 7) is 0. The van der Waals surface area contributed by atoms with E-state index in [4.69, 9.17) is 16.2 Å². The SMILES string of the molecule is O=S(=O)(O)c1ccccc1CCCCCCl. The van der Waals surface area contributed by atoms with Crippen LogP contribution in [0.15, 0.2) is 29.2 Å². The van der Waals surface area contributed by atoms with Crippen LogP contribution in [0.5, 0.6) is 0 Å². The molecule has 0 spiro atoms. The Bertz CT molecular complexity index is 429. The standard InChI is InChI=1S/C11H15ClO3S/c12-9-5-1-2-6-10-7-3-4-8-11(10)16(13,14)15/h3-4,7-8H,1-2,5-6,9H2,(H,13,14,15). The van der Waals surface area contributed by atoms with Gasteiger partial charge in [0, 0.05) is 5.88 Å². The lowest BCUT2D eigenvalue weighted by Gasteiger charge is -2.06. The van der Waals surface area contributed by atoms with Crippen molar-refractivity contribution < 1.29 is 13.0 Å². The van der Waals surface area contributed by atoms with Gasteiger partial charge in [0.05, 0.1) is 4.90 Å². The summed E-state index contributed by atoms with van der Waals surface area (Å²) in [4.78, 5) is 0.0147. The van der Waals surface area contributed by atoms with Crippen LogP contribution in [0.1, 0.15) is 24.8 Å². The molecule has 0 radical (unpaired) electrons. The van der Waals surface area contributed by atoms with Gasteiger partial charge in [-0.25, -0.2) is 0 Å². The molecule has 0 saturated heterocycles. The van der Waals surface area contributed by atoms with Gasteiger partial charge < -0.3 is 0 Å². The predicted octanol–water partition coefficient (Wildman–Crippen LogP) is 2.88. The Labute approximate surface area is 101 Å². The lowest BCUT2D eigenvalue weighted by atomic mass is 10.1. The summed E-state index contributed by atoms with van der Waals surface area (Å²) in [5, 5.41) is 0. The van der Waals surface area contributed by atoms with Gasteiger partial charge in [0.2, 0.25) is 0 Å². The third kappa shape index (κ3) is 4.12. The minimum absolute atomic E-state index is 0.0147. The molecule has 5 heteroatoms. The highest BCUT2D eigenvalue weighted by Gasteiger charge is 2.13. The fourth-order valence-corrected chi connectivity index (χ4v) is 2.49. The first-order valence-electron chi connectivity index (χ1n) is 5.17. The Hall–Kier alpha value is -0.580. The Morgan fingerprint density at radius 2 is 1.81 bits per heavy atom. The molecular formula is C11H15ClO3S. The van der Waals surface area contributed by atoms with Crippen LogP contribution in [0, 0.1) is 0 Å². The quantitative estimate of drug-likeness (QED) is 0.487. The molecule has 0 heterocycles. The molecule has 1 aromatic carbocycles. The van der Waals surface area contributed by atoms with E-state index in [1.807, 2.05) is 0 Å². The molecule has 0 aliphatic carbocycles. The van der Waals surface area contributed by atoms with Crippen molar-refractivity contribution >= 4 is 21.7 Å². The summed E-state index contributed by atoms with van der Waals surface area (Å²) in [7, 11) is -4.10. The first-order valence-corrected chi connectivity index (χ1v) is 7.14. The Morgan fingerprint density at radius 1 is 1.12 bits per heavy atom. The fraction of sp³-hybridized carbons (Fsp3) is 0.455. The predicted molar refractivity (Wildman–Crippen MR) is 64.5 cm³/mol. The normalized spacial score (nSPS) is 11.6. The van der Waals surface area contributed by atoms with Gasteiger partial charge in [-0.05, 0) is 30.9 Å². The molecule has 1 N–H and O–H groups in total. The van der Waals surface area contributed by atoms with E-state index in [2.05, 4.69) is 0 Å². The zero-order chi connectivity index (χ0) is 12.0. The van der Waals surface area contributed by atoms with Crippen molar-refractivity contribution in [2.24, 2.45) is 0 Å². The molecule has 0 aliphatic heterocycles. The molecule has 0 saturated carbocycles. The molecule has 0 amide bonds. The van der Waals surface area contributed by atoms with Crippen LogP contribution in [-0.2, 0) is 16.5 Å². The van der Waals surface area contributed by atoms with Gasteiger partial charge in [0.1, 0.15) is 0 Å². The molecule has 90 valence electrons. The Kier molecular flexibility index (Phi) is 5.25. The average Bonchev–Trinajstić information content (AvgIpc) is 2.24. The maximum absolute atomic E-state index is 11.1. The molecule has 0 atom stereocenters. The Balaban J connectivity index is 2.73. The summed E-state index contributed by atoms with van der Waals surface area (Å²) in [6.07, 6.45) is 3.41. The van der Waals surface area contributed by atoms with Crippen molar-refractivity contribution in [1.82, 2.24) is 0 Å². The van der Waals surface area contributed by atoms with E-state index in [0.717, 1.165) is 19.3 Å². The van der Waals surface area contributed by atoms with Gasteiger partial charge in [0.25, 0.3) is 10.1 Å². The van der Waals surface area contributed by atoms with E-state index in [9.17, 15) is 8.42 Å². The molecule has 16 heavy (non-hydrogen) atoms. The first-order chi connectivity index (χ1) is 7.55. The van der Waals surface area contributed by atoms with Gasteiger partial charge in [-0.2, -0.15) is 8.42 Å². The molecule has 0 fully saturated rings. The minimum atomic E-state index is -4.10. The lowest BCUT2D eigenvalue weighted by Crippen LogP contribution is -2.03. The molecule has 0 bridgehead atoms. The number of hydrogen-bond acceptors (Lipinski definition) is 2. The zero-order valence-corrected chi connectivity index (χ0v) is 10.5. The number of aryl methyl sites for hydroxylation is 1. The number of hydrogen-bond donors (Lipinski definition) is 1. The van der Waals surface area contributed by atoms with Crippen LogP contribution < -0.4 is 0 Å². The zero-order valence-electron chi connectivity index (χ0n) is 8.89. The van der Waals surface area contributed by atoms with Gasteiger partial charge in [-0.1, -0.05) is 24.6 Å². The van der Waals surface area contributed by atoms with Crippen molar-refractivity contribution in [2.75, 3.05) is 5.88 Å². The van der Waals surface area contributed by atoms with Crippen LogP contribution >= 0.6 is 11.6 Å². The van der Waals surface area contributed by atoms with Crippen molar-refractivity contribution in [1.29, 1.82) is 0 Å². The largest absolute Gasteiger partial charge is 0.294 e. The molecule has 1 aromatic rings. The summed E-state index contributed by atoms with van der Waals surface area (Å²) >= 11 is 5.55. The summed E-state index contributed by atoms with van der Waals surface area (Å²) in [5.74, 6) is 0.625. The second-order valence-corrected chi connectivity index (χ2v) is 5.35. The van der Waals surface area contributed by atoms with E-state index in [0.29, 0.717) is 17.9 Å². The lowest BCUT2D eigenvalue weighted by molar-refractivity contribution is 0.481. The summed E-state index contributed by atoms with van der Waals surface area (Å²) in [5.41, 5.74) is 0.666. The van der Waals surface area contributed by atoms with Gasteiger partial charge in [-0.15, -0.1) is 11.6 Å². The van der Waals surface area contributed by atoms with E-state index in [-0.39, 0.29) is 4.90 Å².